The van der Waals surface area contributed by atoms with Crippen molar-refractivity contribution in [2.24, 2.45) is 0 Å². The summed E-state index contributed by atoms with van der Waals surface area (Å²) >= 11 is 0. The fourth-order valence-electron chi connectivity index (χ4n) is 6.71. The molecule has 7 aromatic carbocycles. The van der Waals surface area contributed by atoms with Crippen molar-refractivity contribution in [3.8, 4) is 16.9 Å². The molecule has 248 valence electrons. The van der Waals surface area contributed by atoms with Crippen molar-refractivity contribution in [2.45, 2.75) is 5.60 Å². The summed E-state index contributed by atoms with van der Waals surface area (Å²) < 4.78 is 6.99. The third kappa shape index (κ3) is 6.66. The summed E-state index contributed by atoms with van der Waals surface area (Å²) in [5.41, 5.74) is 9.02. The quantitative estimate of drug-likeness (QED) is 0.158. The molecule has 0 saturated carbocycles. The summed E-state index contributed by atoms with van der Waals surface area (Å²) in [7, 11) is 0. The van der Waals surface area contributed by atoms with Gasteiger partial charge in [0.05, 0.1) is 6.57 Å². The Morgan fingerprint density at radius 3 is 1.79 bits per heavy atom. The zero-order chi connectivity index (χ0) is 35.8. The Hall–Kier alpha value is -7.25. The molecule has 0 radical (unpaired) electrons. The van der Waals surface area contributed by atoms with Gasteiger partial charge in [-0.25, -0.2) is 4.85 Å². The van der Waals surface area contributed by atoms with Crippen LogP contribution in [0.3, 0.4) is 0 Å². The molecule has 0 N–H and O–H groups in total. The van der Waals surface area contributed by atoms with Crippen LogP contribution in [-0.4, -0.2) is 6.15 Å². The van der Waals surface area contributed by atoms with Crippen LogP contribution in [0.25, 0.3) is 38.9 Å². The number of nitrogens with zero attached hydrogens (tertiary/aromatic N) is 2. The summed E-state index contributed by atoms with van der Waals surface area (Å²) in [5, 5.41) is 2.31. The van der Waals surface area contributed by atoms with E-state index in [1.54, 1.807) is 0 Å². The maximum atomic E-state index is 8.12. The molecule has 0 spiro atoms. The van der Waals surface area contributed by atoms with Gasteiger partial charge in [0.1, 0.15) is 5.75 Å². The average molecular weight is 673 g/mol. The highest BCUT2D eigenvalue weighted by atomic mass is 16.5. The number of hydrogen-bond donors (Lipinski definition) is 0. The molecule has 1 aliphatic rings. The first-order valence-electron chi connectivity index (χ1n) is 16.8. The van der Waals surface area contributed by atoms with Crippen LogP contribution >= 0.6 is 0 Å². The first-order valence-corrected chi connectivity index (χ1v) is 16.8. The molecule has 0 amide bonds. The smallest absolute Gasteiger partial charge is 0.373 e. The lowest BCUT2D eigenvalue weighted by molar-refractivity contribution is -0.191. The van der Waals surface area contributed by atoms with Crippen LogP contribution in [0.2, 0.25) is 0 Å². The second kappa shape index (κ2) is 15.1. The Kier molecular flexibility index (Phi) is 9.66. The molecular formula is C47H32N2O3. The highest BCUT2D eigenvalue weighted by Gasteiger charge is 2.37. The Morgan fingerprint density at radius 2 is 1.17 bits per heavy atom. The van der Waals surface area contributed by atoms with Crippen molar-refractivity contribution < 1.29 is 14.3 Å². The van der Waals surface area contributed by atoms with Gasteiger partial charge >= 0.3 is 6.15 Å². The molecule has 7 aromatic rings. The number of benzene rings is 7. The maximum Gasteiger partial charge on any atom is 0.373 e. The zero-order valence-electron chi connectivity index (χ0n) is 28.1. The van der Waals surface area contributed by atoms with Crippen LogP contribution in [0.5, 0.6) is 5.75 Å². The van der Waals surface area contributed by atoms with E-state index in [9.17, 15) is 0 Å². The molecule has 0 aliphatic carbocycles. The lowest BCUT2D eigenvalue weighted by Gasteiger charge is -2.36. The van der Waals surface area contributed by atoms with Gasteiger partial charge in [-0.05, 0) is 88.1 Å². The van der Waals surface area contributed by atoms with Gasteiger partial charge in [-0.3, -0.25) is 0 Å². The average Bonchev–Trinajstić information content (AvgIpc) is 3.21. The Bertz CT molecular complexity index is 2410. The van der Waals surface area contributed by atoms with E-state index in [1.807, 2.05) is 48.5 Å². The van der Waals surface area contributed by atoms with Gasteiger partial charge in [0.15, 0.2) is 11.8 Å². The number of fused-ring (bicyclic) bond motifs is 3. The number of rotatable bonds is 7. The second-order valence-electron chi connectivity index (χ2n) is 12.2. The monoisotopic (exact) mass is 672 g/mol. The van der Waals surface area contributed by atoms with Crippen LogP contribution in [0.1, 0.15) is 22.3 Å². The molecule has 0 bridgehead atoms. The molecule has 1 aliphatic heterocycles. The summed E-state index contributed by atoms with van der Waals surface area (Å²) in [5.74, 6) is 0.842. The van der Waals surface area contributed by atoms with Crippen molar-refractivity contribution in [1.82, 2.24) is 0 Å². The van der Waals surface area contributed by atoms with E-state index in [2.05, 4.69) is 149 Å². The molecule has 1 unspecified atom stereocenters. The highest BCUT2D eigenvalue weighted by molar-refractivity contribution is 5.96. The molecule has 5 heteroatoms. The van der Waals surface area contributed by atoms with Gasteiger partial charge in [-0.1, -0.05) is 127 Å². The van der Waals surface area contributed by atoms with Crippen LogP contribution in [0.15, 0.2) is 182 Å². The number of anilines is 3. The molecule has 5 nitrogen and oxygen atoms in total. The summed E-state index contributed by atoms with van der Waals surface area (Å²) in [6.45, 7) is 7.06. The largest absolute Gasteiger partial charge is 0.473 e. The maximum absolute atomic E-state index is 8.12. The van der Waals surface area contributed by atoms with Gasteiger partial charge in [-0.15, -0.1) is 0 Å². The van der Waals surface area contributed by atoms with Crippen molar-refractivity contribution in [2.75, 3.05) is 4.90 Å². The van der Waals surface area contributed by atoms with Crippen molar-refractivity contribution in [3.05, 3.63) is 216 Å². The van der Waals surface area contributed by atoms with Crippen LogP contribution in [-0.2, 0) is 15.2 Å². The van der Waals surface area contributed by atoms with Gasteiger partial charge in [0.2, 0.25) is 0 Å². The third-order valence-electron chi connectivity index (χ3n) is 9.15. The van der Waals surface area contributed by atoms with Gasteiger partial charge in [0.25, 0.3) is 0 Å². The second-order valence-corrected chi connectivity index (χ2v) is 12.2. The molecule has 1 heterocycles. The highest BCUT2D eigenvalue weighted by Crippen LogP contribution is 2.45. The lowest BCUT2D eigenvalue weighted by Crippen LogP contribution is -2.34. The summed E-state index contributed by atoms with van der Waals surface area (Å²) in [6, 6.07) is 59.2. The van der Waals surface area contributed by atoms with E-state index in [1.165, 1.54) is 6.20 Å². The third-order valence-corrected chi connectivity index (χ3v) is 9.15. The minimum Gasteiger partial charge on any atom is -0.473 e. The molecule has 52 heavy (non-hydrogen) atoms. The standard InChI is InChI=1S/C46H32N2O.CO2/c1-47-32-30-34-17-23-39(24-18-34)46(38-11-5-2-6-12-38)31-29-44-43-27-21-36(33-37(43)22-28-45(44)49-46)35-19-25-42(26-20-35)48(40-13-7-3-8-14-40)41-15-9-4-10-16-41;2-1-3/h2-33H;/b32-30-;. The summed E-state index contributed by atoms with van der Waals surface area (Å²) in [4.78, 5) is 21.9. The van der Waals surface area contributed by atoms with Crippen LogP contribution in [0, 0.1) is 6.57 Å². The molecule has 1 atom stereocenters. The number of ether oxygens (including phenoxy) is 1. The number of carbonyl (C=O) groups excluding carboxylic acids is 2. The number of hydrogen-bond acceptors (Lipinski definition) is 4. The predicted octanol–water partition coefficient (Wildman–Crippen LogP) is 11.6. The fourth-order valence-corrected chi connectivity index (χ4v) is 6.71. The minimum atomic E-state index is -0.779. The fraction of sp³-hybridized carbons (Fsp3) is 0.0213. The van der Waals surface area contributed by atoms with Gasteiger partial charge in [-0.2, -0.15) is 9.59 Å². The van der Waals surface area contributed by atoms with Gasteiger partial charge in [0, 0.05) is 33.8 Å². The molecule has 0 fully saturated rings. The molecule has 0 saturated heterocycles. The normalized spacial score (nSPS) is 14.3. The van der Waals surface area contributed by atoms with E-state index < -0.39 is 5.60 Å². The van der Waals surface area contributed by atoms with Crippen molar-refractivity contribution in [1.29, 1.82) is 0 Å². The first-order chi connectivity index (χ1) is 25.6. The zero-order valence-corrected chi connectivity index (χ0v) is 28.1. The summed E-state index contributed by atoms with van der Waals surface area (Å²) in [6.07, 6.45) is 7.92. The number of para-hydroxylation sites is 2. The van der Waals surface area contributed by atoms with E-state index in [0.29, 0.717) is 0 Å². The van der Waals surface area contributed by atoms with E-state index in [4.69, 9.17) is 20.9 Å². The molecule has 0 aromatic heterocycles. The van der Waals surface area contributed by atoms with E-state index >= 15 is 0 Å². The first kappa shape index (κ1) is 33.3. The predicted molar refractivity (Wildman–Crippen MR) is 208 cm³/mol. The van der Waals surface area contributed by atoms with Crippen LogP contribution in [0.4, 0.5) is 17.1 Å². The Morgan fingerprint density at radius 1 is 0.615 bits per heavy atom. The van der Waals surface area contributed by atoms with E-state index in [-0.39, 0.29) is 6.15 Å². The van der Waals surface area contributed by atoms with Crippen molar-refractivity contribution >= 4 is 46.1 Å². The van der Waals surface area contributed by atoms with Crippen molar-refractivity contribution in [3.63, 3.8) is 0 Å². The van der Waals surface area contributed by atoms with Gasteiger partial charge < -0.3 is 9.64 Å². The molecular weight excluding hydrogens is 641 g/mol. The minimum absolute atomic E-state index is 0.250. The Labute approximate surface area is 302 Å². The van der Waals surface area contributed by atoms with Crippen LogP contribution < -0.4 is 9.64 Å². The lowest BCUT2D eigenvalue weighted by atomic mass is 9.83. The topological polar surface area (TPSA) is 51.0 Å². The van der Waals surface area contributed by atoms with E-state index in [0.717, 1.165) is 67.0 Å². The molecule has 8 rings (SSSR count). The Balaban J connectivity index is 0.00000136. The SMILES string of the molecule is O=C=O.[C-]#[N+]/C=C\c1ccc(C2(c3ccccc3)C=Cc3c(ccc4cc(-c5ccc(N(c6ccccc6)c6ccccc6)cc5)ccc34)O2)cc1.